The molecular formula is C14H23N3O2. The SMILES string of the molecule is CCNC(=O)c1cc(NC(CO)CC(C)C)ccn1. The first-order chi connectivity index (χ1) is 9.06. The van der Waals surface area contributed by atoms with Gasteiger partial charge in [-0.25, -0.2) is 0 Å². The van der Waals surface area contributed by atoms with E-state index in [-0.39, 0.29) is 18.6 Å². The van der Waals surface area contributed by atoms with Gasteiger partial charge >= 0.3 is 0 Å². The number of aliphatic hydroxyl groups is 1. The van der Waals surface area contributed by atoms with Crippen LogP contribution >= 0.6 is 0 Å². The number of amides is 1. The van der Waals surface area contributed by atoms with Crippen molar-refractivity contribution in [3.8, 4) is 0 Å². The first kappa shape index (κ1) is 15.4. The van der Waals surface area contributed by atoms with Gasteiger partial charge in [0.25, 0.3) is 5.91 Å². The second-order valence-corrected chi connectivity index (χ2v) is 4.94. The number of aromatic nitrogens is 1. The average molecular weight is 265 g/mol. The first-order valence-electron chi connectivity index (χ1n) is 6.68. The van der Waals surface area contributed by atoms with Crippen LogP contribution in [0.1, 0.15) is 37.7 Å². The molecule has 3 N–H and O–H groups in total. The van der Waals surface area contributed by atoms with Crippen LogP contribution in [-0.4, -0.2) is 35.2 Å². The molecule has 1 aromatic heterocycles. The predicted molar refractivity (Wildman–Crippen MR) is 76.2 cm³/mol. The molecule has 1 rings (SSSR count). The molecule has 106 valence electrons. The number of aliphatic hydroxyl groups excluding tert-OH is 1. The number of anilines is 1. The molecule has 1 unspecified atom stereocenters. The van der Waals surface area contributed by atoms with Crippen molar-refractivity contribution in [1.29, 1.82) is 0 Å². The molecule has 1 atom stereocenters. The summed E-state index contributed by atoms with van der Waals surface area (Å²) in [4.78, 5) is 15.7. The Morgan fingerprint density at radius 1 is 1.47 bits per heavy atom. The lowest BCUT2D eigenvalue weighted by molar-refractivity contribution is 0.0951. The third-order valence-electron chi connectivity index (χ3n) is 2.68. The number of pyridine rings is 1. The Bertz CT molecular complexity index is 407. The third kappa shape index (κ3) is 5.26. The molecule has 0 bridgehead atoms. The molecule has 0 saturated heterocycles. The minimum Gasteiger partial charge on any atom is -0.394 e. The third-order valence-corrected chi connectivity index (χ3v) is 2.68. The van der Waals surface area contributed by atoms with Crippen LogP contribution < -0.4 is 10.6 Å². The monoisotopic (exact) mass is 265 g/mol. The Morgan fingerprint density at radius 3 is 2.79 bits per heavy atom. The van der Waals surface area contributed by atoms with Gasteiger partial charge in [0.1, 0.15) is 5.69 Å². The van der Waals surface area contributed by atoms with Gasteiger partial charge in [-0.15, -0.1) is 0 Å². The summed E-state index contributed by atoms with van der Waals surface area (Å²) in [7, 11) is 0. The van der Waals surface area contributed by atoms with Crippen molar-refractivity contribution in [3.05, 3.63) is 24.0 Å². The molecule has 0 aliphatic heterocycles. The van der Waals surface area contributed by atoms with E-state index in [1.54, 1.807) is 18.3 Å². The van der Waals surface area contributed by atoms with Crippen molar-refractivity contribution < 1.29 is 9.90 Å². The minimum atomic E-state index is -0.185. The van der Waals surface area contributed by atoms with E-state index in [0.717, 1.165) is 12.1 Å². The number of hydrogen-bond acceptors (Lipinski definition) is 4. The van der Waals surface area contributed by atoms with Gasteiger partial charge in [0.2, 0.25) is 0 Å². The maximum atomic E-state index is 11.7. The molecule has 0 fully saturated rings. The highest BCUT2D eigenvalue weighted by atomic mass is 16.3. The zero-order chi connectivity index (χ0) is 14.3. The van der Waals surface area contributed by atoms with Gasteiger partial charge in [-0.1, -0.05) is 13.8 Å². The molecule has 0 radical (unpaired) electrons. The number of hydrogen-bond donors (Lipinski definition) is 3. The highest BCUT2D eigenvalue weighted by molar-refractivity contribution is 5.93. The summed E-state index contributed by atoms with van der Waals surface area (Å²) < 4.78 is 0. The zero-order valence-electron chi connectivity index (χ0n) is 11.8. The number of rotatable bonds is 7. The molecule has 0 aliphatic carbocycles. The lowest BCUT2D eigenvalue weighted by Gasteiger charge is -2.19. The zero-order valence-corrected chi connectivity index (χ0v) is 11.8. The molecule has 0 spiro atoms. The fourth-order valence-electron chi connectivity index (χ4n) is 1.88. The van der Waals surface area contributed by atoms with Crippen LogP contribution in [0.15, 0.2) is 18.3 Å². The van der Waals surface area contributed by atoms with Gasteiger partial charge in [-0.3, -0.25) is 9.78 Å². The van der Waals surface area contributed by atoms with Crippen molar-refractivity contribution >= 4 is 11.6 Å². The molecule has 0 aromatic carbocycles. The second kappa shape index (κ2) is 7.74. The van der Waals surface area contributed by atoms with Crippen molar-refractivity contribution in [1.82, 2.24) is 10.3 Å². The molecule has 1 heterocycles. The molecule has 0 aliphatic rings. The topological polar surface area (TPSA) is 74.2 Å². The lowest BCUT2D eigenvalue weighted by atomic mass is 10.0. The van der Waals surface area contributed by atoms with E-state index in [9.17, 15) is 9.90 Å². The summed E-state index contributed by atoms with van der Waals surface area (Å²) in [6.07, 6.45) is 2.46. The van der Waals surface area contributed by atoms with Gasteiger partial charge in [0.05, 0.1) is 6.61 Å². The first-order valence-corrected chi connectivity index (χ1v) is 6.68. The van der Waals surface area contributed by atoms with Crippen molar-refractivity contribution in [2.24, 2.45) is 5.92 Å². The van der Waals surface area contributed by atoms with E-state index in [4.69, 9.17) is 0 Å². The number of nitrogens with one attached hydrogen (secondary N) is 2. The van der Waals surface area contributed by atoms with Crippen molar-refractivity contribution in [2.45, 2.75) is 33.2 Å². The lowest BCUT2D eigenvalue weighted by Crippen LogP contribution is -2.26. The molecular weight excluding hydrogens is 242 g/mol. The van der Waals surface area contributed by atoms with Crippen LogP contribution in [0.5, 0.6) is 0 Å². The van der Waals surface area contributed by atoms with Crippen LogP contribution in [-0.2, 0) is 0 Å². The summed E-state index contributed by atoms with van der Waals surface area (Å²) in [5.41, 5.74) is 1.18. The number of carbonyl (C=O) groups excluding carboxylic acids is 1. The Balaban J connectivity index is 2.73. The van der Waals surface area contributed by atoms with Crippen LogP contribution in [0.2, 0.25) is 0 Å². The normalized spacial score (nSPS) is 12.3. The van der Waals surface area contributed by atoms with E-state index < -0.39 is 0 Å². The number of carbonyl (C=O) groups is 1. The standard InChI is InChI=1S/C14H23N3O2/c1-4-15-14(19)13-8-11(5-6-16-13)17-12(9-18)7-10(2)3/h5-6,8,10,12,18H,4,7,9H2,1-3H3,(H,15,19)(H,16,17). The van der Waals surface area contributed by atoms with Gasteiger partial charge in [-0.05, 0) is 31.4 Å². The van der Waals surface area contributed by atoms with E-state index >= 15 is 0 Å². The van der Waals surface area contributed by atoms with Gasteiger partial charge in [0.15, 0.2) is 0 Å². The summed E-state index contributed by atoms with van der Waals surface area (Å²) in [5.74, 6) is 0.310. The average Bonchev–Trinajstić information content (AvgIpc) is 2.38. The Labute approximate surface area is 114 Å². The summed E-state index contributed by atoms with van der Waals surface area (Å²) in [6, 6.07) is 3.49. The van der Waals surface area contributed by atoms with Crippen LogP contribution in [0, 0.1) is 5.92 Å². The fourth-order valence-corrected chi connectivity index (χ4v) is 1.88. The second-order valence-electron chi connectivity index (χ2n) is 4.94. The molecule has 0 saturated carbocycles. The minimum absolute atomic E-state index is 0.00973. The van der Waals surface area contributed by atoms with E-state index in [1.165, 1.54) is 0 Å². The fraction of sp³-hybridized carbons (Fsp3) is 0.571. The van der Waals surface area contributed by atoms with Gasteiger partial charge in [-0.2, -0.15) is 0 Å². The van der Waals surface area contributed by atoms with Crippen LogP contribution in [0.3, 0.4) is 0 Å². The molecule has 1 aromatic rings. The maximum absolute atomic E-state index is 11.7. The quantitative estimate of drug-likeness (QED) is 0.701. The van der Waals surface area contributed by atoms with Crippen LogP contribution in [0.25, 0.3) is 0 Å². The Kier molecular flexibility index (Phi) is 6.29. The highest BCUT2D eigenvalue weighted by Crippen LogP contribution is 2.13. The molecule has 5 heteroatoms. The van der Waals surface area contributed by atoms with E-state index in [2.05, 4.69) is 29.5 Å². The van der Waals surface area contributed by atoms with Crippen LogP contribution in [0.4, 0.5) is 5.69 Å². The number of nitrogens with zero attached hydrogens (tertiary/aromatic N) is 1. The summed E-state index contributed by atoms with van der Waals surface area (Å²) in [6.45, 7) is 6.72. The Morgan fingerprint density at radius 2 is 2.21 bits per heavy atom. The Hall–Kier alpha value is -1.62. The highest BCUT2D eigenvalue weighted by Gasteiger charge is 2.11. The largest absolute Gasteiger partial charge is 0.394 e. The molecule has 19 heavy (non-hydrogen) atoms. The molecule has 1 amide bonds. The van der Waals surface area contributed by atoms with E-state index in [0.29, 0.717) is 18.2 Å². The van der Waals surface area contributed by atoms with Crippen molar-refractivity contribution in [3.63, 3.8) is 0 Å². The maximum Gasteiger partial charge on any atom is 0.269 e. The van der Waals surface area contributed by atoms with E-state index in [1.807, 2.05) is 6.92 Å². The van der Waals surface area contributed by atoms with Gasteiger partial charge in [0, 0.05) is 24.5 Å². The predicted octanol–water partition coefficient (Wildman–Crippen LogP) is 1.65. The van der Waals surface area contributed by atoms with Gasteiger partial charge < -0.3 is 15.7 Å². The summed E-state index contributed by atoms with van der Waals surface area (Å²) >= 11 is 0. The molecule has 5 nitrogen and oxygen atoms in total. The summed E-state index contributed by atoms with van der Waals surface area (Å²) in [5, 5.41) is 15.3. The van der Waals surface area contributed by atoms with Crippen molar-refractivity contribution in [2.75, 3.05) is 18.5 Å². The smallest absolute Gasteiger partial charge is 0.269 e.